The summed E-state index contributed by atoms with van der Waals surface area (Å²) in [6.45, 7) is 0. The maximum absolute atomic E-state index is 3.78. The van der Waals surface area contributed by atoms with E-state index in [9.17, 15) is 0 Å². The number of aliphatic imine (C=N–C) groups is 1. The molecule has 0 amide bonds. The van der Waals surface area contributed by atoms with Crippen molar-refractivity contribution in [1.29, 1.82) is 0 Å². The van der Waals surface area contributed by atoms with E-state index in [2.05, 4.69) is 9.66 Å². The van der Waals surface area contributed by atoms with Crippen molar-refractivity contribution in [3.05, 3.63) is 12.3 Å². The highest BCUT2D eigenvalue weighted by atomic mass is 14.7. The van der Waals surface area contributed by atoms with Crippen LogP contribution in [-0.4, -0.2) is 18.6 Å². The second-order valence-electron chi connectivity index (χ2n) is 1.09. The van der Waals surface area contributed by atoms with Gasteiger partial charge in [0.05, 0.1) is 0 Å². The Labute approximate surface area is 41.6 Å². The van der Waals surface area contributed by atoms with Crippen LogP contribution < -0.4 is 4.67 Å². The SMILES string of the molecule is C1=CN=CC=[N+]=C1. The van der Waals surface area contributed by atoms with Gasteiger partial charge >= 0.3 is 6.21 Å². The smallest absolute Gasteiger partial charge is 0.257 e. The zero-order valence-corrected chi connectivity index (χ0v) is 3.78. The summed E-state index contributed by atoms with van der Waals surface area (Å²) in [5, 5.41) is 0. The van der Waals surface area contributed by atoms with Crippen molar-refractivity contribution in [2.75, 3.05) is 0 Å². The molecule has 1 rings (SSSR count). The predicted octanol–water partition coefficient (Wildman–Crippen LogP) is -0.207. The van der Waals surface area contributed by atoms with E-state index in [1.165, 1.54) is 0 Å². The summed E-state index contributed by atoms with van der Waals surface area (Å²) in [7, 11) is 0. The molecule has 1 heterocycles. The fourth-order valence-electron chi connectivity index (χ4n) is 0.314. The van der Waals surface area contributed by atoms with Crippen LogP contribution in [0.3, 0.4) is 0 Å². The molecular formula is C5H5N2+. The van der Waals surface area contributed by atoms with Gasteiger partial charge < -0.3 is 0 Å². The maximum Gasteiger partial charge on any atom is 0.310 e. The van der Waals surface area contributed by atoms with E-state index >= 15 is 0 Å². The molecule has 0 aliphatic carbocycles. The van der Waals surface area contributed by atoms with Crippen molar-refractivity contribution in [2.24, 2.45) is 4.99 Å². The lowest BCUT2D eigenvalue weighted by atomic mass is 10.7. The van der Waals surface area contributed by atoms with E-state index < -0.39 is 0 Å². The molecule has 0 unspecified atom stereocenters. The first-order chi connectivity index (χ1) is 3.50. The normalized spacial score (nSPS) is 14.9. The molecule has 1 aliphatic rings. The molecule has 7 heavy (non-hydrogen) atoms. The molecule has 0 fully saturated rings. The van der Waals surface area contributed by atoms with Gasteiger partial charge in [-0.15, -0.1) is 0 Å². The van der Waals surface area contributed by atoms with Crippen LogP contribution in [0, 0.1) is 0 Å². The van der Waals surface area contributed by atoms with Gasteiger partial charge in [0.25, 0.3) is 6.21 Å². The van der Waals surface area contributed by atoms with Crippen molar-refractivity contribution >= 4 is 18.6 Å². The van der Waals surface area contributed by atoms with Crippen LogP contribution in [0.4, 0.5) is 0 Å². The molecule has 0 saturated heterocycles. The fraction of sp³-hybridized carbons (Fsp3) is 0. The van der Waals surface area contributed by atoms with Gasteiger partial charge in [-0.25, -0.2) is 0 Å². The summed E-state index contributed by atoms with van der Waals surface area (Å²) >= 11 is 0. The minimum Gasteiger partial charge on any atom is -0.257 e. The van der Waals surface area contributed by atoms with E-state index in [0.29, 0.717) is 0 Å². The number of allylic oxidation sites excluding steroid dienone is 1. The average molecular weight is 93.1 g/mol. The Kier molecular flexibility index (Phi) is 1.21. The van der Waals surface area contributed by atoms with E-state index in [4.69, 9.17) is 0 Å². The molecular weight excluding hydrogens is 88.1 g/mol. The molecule has 0 aromatic carbocycles. The lowest BCUT2D eigenvalue weighted by molar-refractivity contribution is 1.63. The Hall–Kier alpha value is -1.14. The van der Waals surface area contributed by atoms with E-state index in [1.807, 2.05) is 0 Å². The van der Waals surface area contributed by atoms with Crippen molar-refractivity contribution in [3.63, 3.8) is 0 Å². The molecule has 0 atom stereocenters. The molecule has 0 bridgehead atoms. The monoisotopic (exact) mass is 93.0 g/mol. The van der Waals surface area contributed by atoms with E-state index in [0.717, 1.165) is 0 Å². The van der Waals surface area contributed by atoms with Crippen molar-refractivity contribution in [3.8, 4) is 0 Å². The summed E-state index contributed by atoms with van der Waals surface area (Å²) in [6.07, 6.45) is 8.43. The largest absolute Gasteiger partial charge is 0.310 e. The quantitative estimate of drug-likeness (QED) is 0.371. The molecule has 0 aromatic heterocycles. The van der Waals surface area contributed by atoms with Gasteiger partial charge in [0.2, 0.25) is 0 Å². The first-order valence-electron chi connectivity index (χ1n) is 2.03. The molecule has 34 valence electrons. The predicted molar refractivity (Wildman–Crippen MR) is 31.9 cm³/mol. The highest BCUT2D eigenvalue weighted by Crippen LogP contribution is 1.67. The molecule has 1 aliphatic heterocycles. The Balaban J connectivity index is 2.86. The molecule has 0 saturated carbocycles. The Morgan fingerprint density at radius 3 is 3.29 bits per heavy atom. The third-order valence-corrected chi connectivity index (χ3v) is 0.583. The summed E-state index contributed by atoms with van der Waals surface area (Å²) in [5.74, 6) is 0. The third-order valence-electron chi connectivity index (χ3n) is 0.583. The average Bonchev–Trinajstić information content (AvgIpc) is 1.90. The molecule has 0 aromatic rings. The third kappa shape index (κ3) is 1.16. The molecule has 0 radical (unpaired) electrons. The van der Waals surface area contributed by atoms with Crippen LogP contribution in [0.15, 0.2) is 17.3 Å². The molecule has 0 N–H and O–H groups in total. The second-order valence-corrected chi connectivity index (χ2v) is 1.09. The van der Waals surface area contributed by atoms with Crippen LogP contribution in [0.25, 0.3) is 0 Å². The van der Waals surface area contributed by atoms with Gasteiger partial charge in [-0.1, -0.05) is 4.67 Å². The van der Waals surface area contributed by atoms with Gasteiger partial charge in [0, 0.05) is 12.3 Å². The van der Waals surface area contributed by atoms with Gasteiger partial charge in [0.1, 0.15) is 6.21 Å². The minimum atomic E-state index is 1.64. The van der Waals surface area contributed by atoms with E-state index in [1.54, 1.807) is 30.9 Å². The number of hydrogen-bond donors (Lipinski definition) is 0. The summed E-state index contributed by atoms with van der Waals surface area (Å²) in [5.41, 5.74) is 0. The van der Waals surface area contributed by atoms with Gasteiger partial charge in [-0.2, -0.15) is 0 Å². The maximum atomic E-state index is 3.78. The lowest BCUT2D eigenvalue weighted by Gasteiger charge is -1.57. The van der Waals surface area contributed by atoms with E-state index in [-0.39, 0.29) is 0 Å². The minimum absolute atomic E-state index is 1.64. The van der Waals surface area contributed by atoms with Crippen LogP contribution in [0.1, 0.15) is 0 Å². The van der Waals surface area contributed by atoms with Crippen LogP contribution >= 0.6 is 0 Å². The summed E-state index contributed by atoms with van der Waals surface area (Å²) in [4.78, 5) is 3.78. The van der Waals surface area contributed by atoms with Gasteiger partial charge in [-0.05, 0) is 0 Å². The second kappa shape index (κ2) is 2.11. The zero-order chi connectivity index (χ0) is 4.95. The van der Waals surface area contributed by atoms with Crippen LogP contribution in [0.2, 0.25) is 0 Å². The highest BCUT2D eigenvalue weighted by Gasteiger charge is 1.76. The van der Waals surface area contributed by atoms with Crippen molar-refractivity contribution in [1.82, 2.24) is 4.67 Å². The summed E-state index contributed by atoms with van der Waals surface area (Å²) < 4.78 is 3.78. The highest BCUT2D eigenvalue weighted by molar-refractivity contribution is 6.16. The van der Waals surface area contributed by atoms with Crippen LogP contribution in [0.5, 0.6) is 0 Å². The first kappa shape index (κ1) is 4.03. The fourth-order valence-corrected chi connectivity index (χ4v) is 0.314. The Morgan fingerprint density at radius 2 is 2.29 bits per heavy atom. The lowest BCUT2D eigenvalue weighted by Crippen LogP contribution is -1.76. The molecule has 2 nitrogen and oxygen atoms in total. The molecule has 2 heteroatoms. The Bertz CT molecular complexity index is 143. The topological polar surface area (TPSA) is 26.5 Å². The number of rotatable bonds is 0. The van der Waals surface area contributed by atoms with Gasteiger partial charge in [-0.3, -0.25) is 4.99 Å². The Morgan fingerprint density at radius 1 is 1.29 bits per heavy atom. The number of nitrogens with zero attached hydrogens (tertiary/aromatic N) is 2. The van der Waals surface area contributed by atoms with Gasteiger partial charge in [0.15, 0.2) is 0 Å². The zero-order valence-electron chi connectivity index (χ0n) is 3.78. The number of hydrogen-bond acceptors (Lipinski definition) is 1. The standard InChI is InChI=1S/C5H5N2/c1-2-6-4-5-7-3-1/h1-5H/q+1. The first-order valence-corrected chi connectivity index (χ1v) is 2.03. The van der Waals surface area contributed by atoms with Crippen LogP contribution in [-0.2, 0) is 0 Å². The summed E-state index contributed by atoms with van der Waals surface area (Å²) in [6, 6.07) is 0. The van der Waals surface area contributed by atoms with Crippen molar-refractivity contribution in [2.45, 2.75) is 0 Å². The van der Waals surface area contributed by atoms with Crippen molar-refractivity contribution < 1.29 is 0 Å². The molecule has 0 spiro atoms.